The monoisotopic (exact) mass is 408 g/mol. The highest BCUT2D eigenvalue weighted by molar-refractivity contribution is 6.36. The average molecular weight is 410 g/mol. The summed E-state index contributed by atoms with van der Waals surface area (Å²) in [5.74, 6) is 0.819. The highest BCUT2D eigenvalue weighted by Crippen LogP contribution is 2.32. The van der Waals surface area contributed by atoms with Crippen molar-refractivity contribution in [3.8, 4) is 11.5 Å². The molecule has 2 aromatic carbocycles. The van der Waals surface area contributed by atoms with Crippen LogP contribution in [0.5, 0.6) is 11.5 Å². The molecule has 24 heavy (non-hydrogen) atoms. The molecule has 0 unspecified atom stereocenters. The van der Waals surface area contributed by atoms with E-state index in [1.807, 2.05) is 0 Å². The van der Waals surface area contributed by atoms with Crippen molar-refractivity contribution in [2.75, 3.05) is 13.2 Å². The summed E-state index contributed by atoms with van der Waals surface area (Å²) in [6.07, 6.45) is -1.63. The van der Waals surface area contributed by atoms with E-state index in [1.54, 1.807) is 36.4 Å². The molecule has 1 aliphatic heterocycles. The maximum atomic E-state index is 6.12. The molecule has 4 nitrogen and oxygen atoms in total. The first-order valence-corrected chi connectivity index (χ1v) is 8.51. The Bertz CT molecular complexity index is 664. The van der Waals surface area contributed by atoms with Gasteiger partial charge in [-0.15, -0.1) is 0 Å². The third-order valence-corrected chi connectivity index (χ3v) is 4.20. The van der Waals surface area contributed by atoms with Gasteiger partial charge in [0, 0.05) is 10.0 Å². The van der Waals surface area contributed by atoms with Crippen molar-refractivity contribution in [1.82, 2.24) is 0 Å². The van der Waals surface area contributed by atoms with Crippen LogP contribution in [0.2, 0.25) is 20.1 Å². The van der Waals surface area contributed by atoms with Crippen LogP contribution in [0, 0.1) is 0 Å². The first-order valence-electron chi connectivity index (χ1n) is 6.99. The van der Waals surface area contributed by atoms with E-state index < -0.39 is 12.6 Å². The first-order chi connectivity index (χ1) is 11.5. The van der Waals surface area contributed by atoms with E-state index in [1.165, 1.54) is 0 Å². The highest BCUT2D eigenvalue weighted by atomic mass is 35.5. The van der Waals surface area contributed by atoms with Crippen molar-refractivity contribution >= 4 is 46.4 Å². The molecule has 0 N–H and O–H groups in total. The Hall–Kier alpha value is -0.880. The van der Waals surface area contributed by atoms with Gasteiger partial charge < -0.3 is 18.9 Å². The van der Waals surface area contributed by atoms with E-state index in [-0.39, 0.29) is 0 Å². The van der Waals surface area contributed by atoms with Crippen LogP contribution in [0.3, 0.4) is 0 Å². The zero-order valence-corrected chi connectivity index (χ0v) is 15.2. The molecular formula is C16H12Cl4O4. The minimum Gasteiger partial charge on any atom is -0.456 e. The standard InChI is InChI=1S/C16H12Cl4O4/c17-9-1-3-13(11(19)7-9)23-15-16(22-6-5-21-15)24-14-4-2-10(18)8-12(14)20/h1-4,7-8,15-16H,5-6H2/t15-,16+. The molecule has 0 saturated carbocycles. The quantitative estimate of drug-likeness (QED) is 0.672. The Morgan fingerprint density at radius 1 is 0.708 bits per heavy atom. The Balaban J connectivity index is 1.75. The Morgan fingerprint density at radius 3 is 1.50 bits per heavy atom. The largest absolute Gasteiger partial charge is 0.456 e. The van der Waals surface area contributed by atoms with Crippen LogP contribution < -0.4 is 9.47 Å². The topological polar surface area (TPSA) is 36.9 Å². The molecular weight excluding hydrogens is 398 g/mol. The molecule has 3 rings (SSSR count). The summed E-state index contributed by atoms with van der Waals surface area (Å²) in [5, 5.41) is 1.74. The average Bonchev–Trinajstić information content (AvgIpc) is 2.54. The van der Waals surface area contributed by atoms with Crippen LogP contribution in [0.25, 0.3) is 0 Å². The van der Waals surface area contributed by atoms with Crippen molar-refractivity contribution < 1.29 is 18.9 Å². The lowest BCUT2D eigenvalue weighted by atomic mass is 10.3. The summed E-state index contributed by atoms with van der Waals surface area (Å²) < 4.78 is 22.7. The van der Waals surface area contributed by atoms with Crippen molar-refractivity contribution in [3.05, 3.63) is 56.5 Å². The smallest absolute Gasteiger partial charge is 0.263 e. The molecule has 1 aliphatic rings. The van der Waals surface area contributed by atoms with Crippen LogP contribution in [-0.4, -0.2) is 25.8 Å². The number of hydrogen-bond donors (Lipinski definition) is 0. The van der Waals surface area contributed by atoms with Gasteiger partial charge >= 0.3 is 0 Å². The van der Waals surface area contributed by atoms with Gasteiger partial charge in [0.25, 0.3) is 12.6 Å². The predicted octanol–water partition coefficient (Wildman–Crippen LogP) is 5.46. The lowest BCUT2D eigenvalue weighted by Crippen LogP contribution is -2.45. The molecule has 0 aromatic heterocycles. The Labute approximate surface area is 159 Å². The zero-order chi connectivity index (χ0) is 17.1. The van der Waals surface area contributed by atoms with Gasteiger partial charge in [-0.3, -0.25) is 0 Å². The van der Waals surface area contributed by atoms with Gasteiger partial charge in [0.1, 0.15) is 11.5 Å². The summed E-state index contributed by atoms with van der Waals surface area (Å²) in [4.78, 5) is 0. The van der Waals surface area contributed by atoms with Gasteiger partial charge in [-0.2, -0.15) is 0 Å². The summed E-state index contributed by atoms with van der Waals surface area (Å²) >= 11 is 24.0. The van der Waals surface area contributed by atoms with Crippen molar-refractivity contribution in [2.45, 2.75) is 12.6 Å². The fraction of sp³-hybridized carbons (Fsp3) is 0.250. The van der Waals surface area contributed by atoms with Crippen molar-refractivity contribution in [1.29, 1.82) is 0 Å². The summed E-state index contributed by atoms with van der Waals surface area (Å²) in [6.45, 7) is 0.730. The van der Waals surface area contributed by atoms with Gasteiger partial charge in [-0.05, 0) is 36.4 Å². The number of rotatable bonds is 4. The third-order valence-electron chi connectivity index (χ3n) is 3.14. The molecule has 0 aliphatic carbocycles. The summed E-state index contributed by atoms with van der Waals surface area (Å²) in [6, 6.07) is 9.78. The molecule has 2 aromatic rings. The third kappa shape index (κ3) is 4.39. The van der Waals surface area contributed by atoms with Gasteiger partial charge in [0.15, 0.2) is 0 Å². The van der Waals surface area contributed by atoms with E-state index in [4.69, 9.17) is 65.4 Å². The fourth-order valence-electron chi connectivity index (χ4n) is 2.06. The first kappa shape index (κ1) is 17.9. The molecule has 0 radical (unpaired) electrons. The number of ether oxygens (including phenoxy) is 4. The lowest BCUT2D eigenvalue weighted by molar-refractivity contribution is -0.270. The maximum Gasteiger partial charge on any atom is 0.263 e. The fourth-order valence-corrected chi connectivity index (χ4v) is 2.96. The van der Waals surface area contributed by atoms with Gasteiger partial charge in [0.2, 0.25) is 0 Å². The van der Waals surface area contributed by atoms with E-state index in [0.29, 0.717) is 44.8 Å². The van der Waals surface area contributed by atoms with Crippen LogP contribution in [0.15, 0.2) is 36.4 Å². The van der Waals surface area contributed by atoms with E-state index >= 15 is 0 Å². The summed E-state index contributed by atoms with van der Waals surface area (Å²) in [7, 11) is 0. The lowest BCUT2D eigenvalue weighted by Gasteiger charge is -2.32. The van der Waals surface area contributed by atoms with E-state index in [0.717, 1.165) is 0 Å². The van der Waals surface area contributed by atoms with Gasteiger partial charge in [0.05, 0.1) is 23.3 Å². The normalized spacial score (nSPS) is 20.7. The summed E-state index contributed by atoms with van der Waals surface area (Å²) in [5.41, 5.74) is 0. The number of hydrogen-bond acceptors (Lipinski definition) is 4. The highest BCUT2D eigenvalue weighted by Gasteiger charge is 2.32. The van der Waals surface area contributed by atoms with Crippen LogP contribution in [0.1, 0.15) is 0 Å². The second-order valence-corrected chi connectivity index (χ2v) is 6.55. The van der Waals surface area contributed by atoms with E-state index in [2.05, 4.69) is 0 Å². The molecule has 0 spiro atoms. The molecule has 0 bridgehead atoms. The molecule has 8 heteroatoms. The SMILES string of the molecule is Clc1ccc(O[C@H]2OCCO[C@H]2Oc2ccc(Cl)cc2Cl)c(Cl)c1. The van der Waals surface area contributed by atoms with Crippen molar-refractivity contribution in [3.63, 3.8) is 0 Å². The Morgan fingerprint density at radius 2 is 1.12 bits per heavy atom. The van der Waals surface area contributed by atoms with Crippen LogP contribution in [-0.2, 0) is 9.47 Å². The molecule has 1 fully saturated rings. The molecule has 128 valence electrons. The molecule has 1 saturated heterocycles. The minimum absolute atomic E-state index is 0.361. The minimum atomic E-state index is -0.816. The zero-order valence-electron chi connectivity index (χ0n) is 12.2. The van der Waals surface area contributed by atoms with Gasteiger partial charge in [-0.25, -0.2) is 0 Å². The second-order valence-electron chi connectivity index (χ2n) is 4.86. The van der Waals surface area contributed by atoms with E-state index in [9.17, 15) is 0 Å². The van der Waals surface area contributed by atoms with Crippen molar-refractivity contribution in [2.24, 2.45) is 0 Å². The number of halogens is 4. The van der Waals surface area contributed by atoms with Crippen LogP contribution >= 0.6 is 46.4 Å². The van der Waals surface area contributed by atoms with Gasteiger partial charge in [-0.1, -0.05) is 46.4 Å². The number of benzene rings is 2. The predicted molar refractivity (Wildman–Crippen MR) is 93.7 cm³/mol. The second kappa shape index (κ2) is 8.00. The molecule has 1 heterocycles. The van der Waals surface area contributed by atoms with Crippen LogP contribution in [0.4, 0.5) is 0 Å². The Kier molecular flexibility index (Phi) is 5.98. The maximum absolute atomic E-state index is 6.12. The molecule has 0 amide bonds. The molecule has 2 atom stereocenters.